The number of aromatic nitrogens is 5. The fraction of sp³-hybridized carbons (Fsp3) is 0.333. The van der Waals surface area contributed by atoms with Crippen molar-refractivity contribution in [2.75, 3.05) is 0 Å². The highest BCUT2D eigenvalue weighted by Crippen LogP contribution is 2.27. The molecule has 0 saturated heterocycles. The lowest BCUT2D eigenvalue weighted by atomic mass is 10.3. The Kier molecular flexibility index (Phi) is 3.56. The molecule has 19 heavy (non-hydrogen) atoms. The van der Waals surface area contributed by atoms with Crippen LogP contribution >= 0.6 is 11.6 Å². The molecule has 0 amide bonds. The molecule has 102 valence electrons. The van der Waals surface area contributed by atoms with Crippen molar-refractivity contribution in [2.45, 2.75) is 19.3 Å². The molecule has 2 aromatic rings. The van der Waals surface area contributed by atoms with Gasteiger partial charge in [0.25, 0.3) is 5.56 Å². The van der Waals surface area contributed by atoms with Gasteiger partial charge in [-0.2, -0.15) is 23.4 Å². The molecular formula is C9H7ClF3N5O. The maximum Gasteiger partial charge on any atom is 0.421 e. The second-order valence-corrected chi connectivity index (χ2v) is 3.95. The summed E-state index contributed by atoms with van der Waals surface area (Å²) in [5, 5.41) is 6.92. The summed E-state index contributed by atoms with van der Waals surface area (Å²) in [5.41, 5.74) is -2.58. The van der Waals surface area contributed by atoms with E-state index in [1.54, 1.807) is 0 Å². The first-order valence-corrected chi connectivity index (χ1v) is 5.43. The first kappa shape index (κ1) is 13.5. The number of nitrogens with zero attached hydrogens (tertiary/aromatic N) is 5. The molecule has 0 spiro atoms. The lowest BCUT2D eigenvalue weighted by Gasteiger charge is -2.10. The van der Waals surface area contributed by atoms with E-state index >= 15 is 0 Å². The molecule has 0 unspecified atom stereocenters. The standard InChI is InChI=1S/C9H7ClF3N5O/c10-7-3-6(9(11,12)13)8(19)18(16-7)2-1-17-5-14-4-15-17/h3-5H,1-2H2. The summed E-state index contributed by atoms with van der Waals surface area (Å²) in [7, 11) is 0. The van der Waals surface area contributed by atoms with E-state index in [1.807, 2.05) is 0 Å². The Morgan fingerprint density at radius 2 is 2.05 bits per heavy atom. The van der Waals surface area contributed by atoms with Crippen LogP contribution in [0.25, 0.3) is 0 Å². The summed E-state index contributed by atoms with van der Waals surface area (Å²) in [5.74, 6) is 0. The molecule has 0 bridgehead atoms. The van der Waals surface area contributed by atoms with Crippen molar-refractivity contribution in [3.05, 3.63) is 39.8 Å². The molecule has 0 atom stereocenters. The van der Waals surface area contributed by atoms with Gasteiger partial charge in [-0.1, -0.05) is 11.6 Å². The zero-order valence-corrected chi connectivity index (χ0v) is 10.1. The topological polar surface area (TPSA) is 65.6 Å². The second kappa shape index (κ2) is 5.00. The number of hydrogen-bond acceptors (Lipinski definition) is 4. The van der Waals surface area contributed by atoms with Crippen LogP contribution in [-0.2, 0) is 19.3 Å². The van der Waals surface area contributed by atoms with E-state index in [1.165, 1.54) is 17.3 Å². The molecule has 0 N–H and O–H groups in total. The Bertz CT molecular complexity index is 622. The summed E-state index contributed by atoms with van der Waals surface area (Å²) in [6.45, 7) is 0.0659. The van der Waals surface area contributed by atoms with E-state index in [0.29, 0.717) is 10.7 Å². The van der Waals surface area contributed by atoms with E-state index < -0.39 is 22.5 Å². The molecule has 2 aromatic heterocycles. The zero-order valence-electron chi connectivity index (χ0n) is 9.30. The maximum atomic E-state index is 12.6. The van der Waals surface area contributed by atoms with Gasteiger partial charge in [-0.05, 0) is 6.07 Å². The second-order valence-electron chi connectivity index (χ2n) is 3.57. The average molecular weight is 294 g/mol. The molecule has 0 aliphatic carbocycles. The van der Waals surface area contributed by atoms with Crippen LogP contribution < -0.4 is 5.56 Å². The van der Waals surface area contributed by atoms with E-state index in [-0.39, 0.29) is 13.1 Å². The van der Waals surface area contributed by atoms with Gasteiger partial charge in [-0.3, -0.25) is 9.48 Å². The number of aryl methyl sites for hydroxylation is 2. The van der Waals surface area contributed by atoms with Crippen molar-refractivity contribution in [1.82, 2.24) is 24.5 Å². The van der Waals surface area contributed by atoms with Crippen LogP contribution in [0, 0.1) is 0 Å². The van der Waals surface area contributed by atoms with Gasteiger partial charge in [0.15, 0.2) is 0 Å². The van der Waals surface area contributed by atoms with Gasteiger partial charge in [-0.25, -0.2) is 9.67 Å². The fourth-order valence-corrected chi connectivity index (χ4v) is 1.61. The molecular weight excluding hydrogens is 287 g/mol. The molecule has 6 nitrogen and oxygen atoms in total. The van der Waals surface area contributed by atoms with Crippen LogP contribution in [0.3, 0.4) is 0 Å². The fourth-order valence-electron chi connectivity index (χ4n) is 1.41. The third-order valence-corrected chi connectivity index (χ3v) is 2.44. The SMILES string of the molecule is O=c1c(C(F)(F)F)cc(Cl)nn1CCn1cncn1. The summed E-state index contributed by atoms with van der Waals surface area (Å²) in [6.07, 6.45) is -2.12. The first-order valence-electron chi connectivity index (χ1n) is 5.05. The van der Waals surface area contributed by atoms with Crippen LogP contribution in [0.15, 0.2) is 23.5 Å². The Labute approximate surface area is 109 Å². The van der Waals surface area contributed by atoms with Crippen LogP contribution in [0.2, 0.25) is 5.15 Å². The first-order chi connectivity index (χ1) is 8.88. The summed E-state index contributed by atoms with van der Waals surface area (Å²) >= 11 is 5.48. The number of rotatable bonds is 3. The number of alkyl halides is 3. The highest BCUT2D eigenvalue weighted by Gasteiger charge is 2.35. The third-order valence-electron chi connectivity index (χ3n) is 2.26. The predicted octanol–water partition coefficient (Wildman–Crippen LogP) is 1.21. The smallest absolute Gasteiger partial charge is 0.267 e. The molecule has 2 heterocycles. The molecule has 0 aliphatic heterocycles. The van der Waals surface area contributed by atoms with Crippen molar-refractivity contribution in [3.8, 4) is 0 Å². The van der Waals surface area contributed by atoms with Crippen molar-refractivity contribution >= 4 is 11.6 Å². The minimum absolute atomic E-state index is 0.0914. The molecule has 0 fully saturated rings. The molecule has 10 heteroatoms. The Morgan fingerprint density at radius 3 is 2.63 bits per heavy atom. The minimum atomic E-state index is -4.77. The van der Waals surface area contributed by atoms with Crippen LogP contribution in [-0.4, -0.2) is 24.5 Å². The number of hydrogen-bond donors (Lipinski definition) is 0. The van der Waals surface area contributed by atoms with Gasteiger partial charge in [0.1, 0.15) is 23.4 Å². The summed E-state index contributed by atoms with van der Waals surface area (Å²) in [4.78, 5) is 15.3. The van der Waals surface area contributed by atoms with Gasteiger partial charge in [-0.15, -0.1) is 0 Å². The van der Waals surface area contributed by atoms with Crippen molar-refractivity contribution in [3.63, 3.8) is 0 Å². The molecule has 0 aliphatic rings. The normalized spacial score (nSPS) is 11.8. The lowest BCUT2D eigenvalue weighted by Crippen LogP contribution is -2.31. The predicted molar refractivity (Wildman–Crippen MR) is 58.5 cm³/mol. The summed E-state index contributed by atoms with van der Waals surface area (Å²) < 4.78 is 39.8. The maximum absolute atomic E-state index is 12.6. The van der Waals surface area contributed by atoms with Gasteiger partial charge in [0.05, 0.1) is 13.1 Å². The van der Waals surface area contributed by atoms with E-state index in [4.69, 9.17) is 11.6 Å². The molecule has 0 saturated carbocycles. The van der Waals surface area contributed by atoms with Crippen molar-refractivity contribution in [2.24, 2.45) is 0 Å². The number of halogens is 4. The molecule has 2 rings (SSSR count). The zero-order chi connectivity index (χ0) is 14.0. The van der Waals surface area contributed by atoms with Gasteiger partial charge in [0.2, 0.25) is 0 Å². The van der Waals surface area contributed by atoms with Crippen LogP contribution in [0.1, 0.15) is 5.56 Å². The Hall–Kier alpha value is -1.90. The Balaban J connectivity index is 2.30. The van der Waals surface area contributed by atoms with E-state index in [0.717, 1.165) is 0 Å². The average Bonchev–Trinajstić information content (AvgIpc) is 2.81. The Morgan fingerprint density at radius 1 is 1.32 bits per heavy atom. The lowest BCUT2D eigenvalue weighted by molar-refractivity contribution is -0.139. The largest absolute Gasteiger partial charge is 0.421 e. The highest BCUT2D eigenvalue weighted by atomic mass is 35.5. The van der Waals surface area contributed by atoms with Crippen LogP contribution in [0.5, 0.6) is 0 Å². The molecule has 0 aromatic carbocycles. The van der Waals surface area contributed by atoms with Gasteiger partial charge < -0.3 is 0 Å². The summed E-state index contributed by atoms with van der Waals surface area (Å²) in [6, 6.07) is 0.510. The van der Waals surface area contributed by atoms with Gasteiger partial charge in [0, 0.05) is 0 Å². The highest BCUT2D eigenvalue weighted by molar-refractivity contribution is 6.29. The third kappa shape index (κ3) is 3.11. The minimum Gasteiger partial charge on any atom is -0.267 e. The monoisotopic (exact) mass is 293 g/mol. The van der Waals surface area contributed by atoms with Crippen molar-refractivity contribution < 1.29 is 13.2 Å². The van der Waals surface area contributed by atoms with Crippen molar-refractivity contribution in [1.29, 1.82) is 0 Å². The molecule has 0 radical (unpaired) electrons. The van der Waals surface area contributed by atoms with E-state index in [9.17, 15) is 18.0 Å². The van der Waals surface area contributed by atoms with E-state index in [2.05, 4.69) is 15.2 Å². The van der Waals surface area contributed by atoms with Gasteiger partial charge >= 0.3 is 6.18 Å². The quantitative estimate of drug-likeness (QED) is 0.853. The van der Waals surface area contributed by atoms with Crippen LogP contribution in [0.4, 0.5) is 13.2 Å².